The second kappa shape index (κ2) is 6.59. The number of halogens is 1. The van der Waals surface area contributed by atoms with Crippen LogP contribution in [0.4, 0.5) is 0 Å². The van der Waals surface area contributed by atoms with Crippen LogP contribution < -0.4 is 10.6 Å². The van der Waals surface area contributed by atoms with Crippen LogP contribution in [0.3, 0.4) is 0 Å². The van der Waals surface area contributed by atoms with Crippen LogP contribution in [-0.4, -0.2) is 24.0 Å². The van der Waals surface area contributed by atoms with Crippen LogP contribution in [0.25, 0.3) is 10.9 Å². The summed E-state index contributed by atoms with van der Waals surface area (Å²) in [5.74, 6) is 0.0840. The molecule has 0 aliphatic heterocycles. The highest BCUT2D eigenvalue weighted by Gasteiger charge is 2.04. The molecule has 1 heterocycles. The molecule has 4 nitrogen and oxygen atoms in total. The average Bonchev–Trinajstić information content (AvgIpc) is 2.77. The number of aromatic nitrogens is 1. The summed E-state index contributed by atoms with van der Waals surface area (Å²) in [6, 6.07) is 5.81. The summed E-state index contributed by atoms with van der Waals surface area (Å²) in [6.45, 7) is 4.01. The first-order valence-corrected chi connectivity index (χ1v) is 6.81. The lowest BCUT2D eigenvalue weighted by Gasteiger charge is -2.04. The number of aromatic amines is 1. The number of benzene rings is 1. The Morgan fingerprint density at radius 1 is 1.42 bits per heavy atom. The van der Waals surface area contributed by atoms with E-state index in [-0.39, 0.29) is 5.91 Å². The molecule has 0 aliphatic carbocycles. The SMILES string of the molecule is CCNC(=O)CCNCc1c[nH]c2cc(Cl)ccc12. The van der Waals surface area contributed by atoms with Crippen molar-refractivity contribution in [3.63, 3.8) is 0 Å². The quantitative estimate of drug-likeness (QED) is 0.712. The van der Waals surface area contributed by atoms with Gasteiger partial charge in [-0.1, -0.05) is 17.7 Å². The molecule has 3 N–H and O–H groups in total. The third-order valence-electron chi connectivity index (χ3n) is 2.95. The van der Waals surface area contributed by atoms with E-state index in [2.05, 4.69) is 15.6 Å². The fraction of sp³-hybridized carbons (Fsp3) is 0.357. The Balaban J connectivity index is 1.86. The van der Waals surface area contributed by atoms with Crippen molar-refractivity contribution in [3.05, 3.63) is 35.0 Å². The Morgan fingerprint density at radius 3 is 3.05 bits per heavy atom. The number of hydrogen-bond donors (Lipinski definition) is 3. The van der Waals surface area contributed by atoms with E-state index < -0.39 is 0 Å². The first-order chi connectivity index (χ1) is 9.20. The summed E-state index contributed by atoms with van der Waals surface area (Å²) in [5, 5.41) is 7.93. The van der Waals surface area contributed by atoms with Gasteiger partial charge in [0.05, 0.1) is 0 Å². The number of nitrogens with one attached hydrogen (secondary N) is 3. The van der Waals surface area contributed by atoms with Crippen LogP contribution >= 0.6 is 11.6 Å². The predicted octanol–water partition coefficient (Wildman–Crippen LogP) is 2.44. The third-order valence-corrected chi connectivity index (χ3v) is 3.18. The first-order valence-electron chi connectivity index (χ1n) is 6.43. The van der Waals surface area contributed by atoms with Gasteiger partial charge >= 0.3 is 0 Å². The molecule has 5 heteroatoms. The molecule has 0 unspecified atom stereocenters. The molecule has 0 radical (unpaired) electrons. The van der Waals surface area contributed by atoms with Gasteiger partial charge in [-0.25, -0.2) is 0 Å². The Bertz CT molecular complexity index is 565. The molecule has 2 aromatic rings. The number of fused-ring (bicyclic) bond motifs is 1. The van der Waals surface area contributed by atoms with Crippen LogP contribution in [0.1, 0.15) is 18.9 Å². The molecule has 1 amide bonds. The number of carbonyl (C=O) groups excluding carboxylic acids is 1. The van der Waals surface area contributed by atoms with Gasteiger partial charge in [0, 0.05) is 48.2 Å². The van der Waals surface area contributed by atoms with E-state index in [0.29, 0.717) is 19.5 Å². The van der Waals surface area contributed by atoms with Crippen molar-refractivity contribution in [1.82, 2.24) is 15.6 Å². The summed E-state index contributed by atoms with van der Waals surface area (Å²) in [7, 11) is 0. The van der Waals surface area contributed by atoms with Crippen LogP contribution in [-0.2, 0) is 11.3 Å². The maximum absolute atomic E-state index is 11.3. The van der Waals surface area contributed by atoms with Crippen molar-refractivity contribution in [3.8, 4) is 0 Å². The highest BCUT2D eigenvalue weighted by molar-refractivity contribution is 6.31. The van der Waals surface area contributed by atoms with Crippen molar-refractivity contribution in [2.24, 2.45) is 0 Å². The largest absolute Gasteiger partial charge is 0.361 e. The first kappa shape index (κ1) is 13.9. The van der Waals surface area contributed by atoms with E-state index in [0.717, 1.165) is 22.5 Å². The summed E-state index contributed by atoms with van der Waals surface area (Å²) in [6.07, 6.45) is 2.47. The lowest BCUT2D eigenvalue weighted by Crippen LogP contribution is -2.27. The Kier molecular flexibility index (Phi) is 4.82. The van der Waals surface area contributed by atoms with Gasteiger partial charge in [-0.2, -0.15) is 0 Å². The van der Waals surface area contributed by atoms with Gasteiger partial charge < -0.3 is 15.6 Å². The van der Waals surface area contributed by atoms with Crippen LogP contribution in [0.15, 0.2) is 24.4 Å². The number of carbonyl (C=O) groups is 1. The second-order valence-corrected chi connectivity index (χ2v) is 4.82. The molecule has 0 spiro atoms. The molecule has 0 aliphatic rings. The fourth-order valence-electron chi connectivity index (χ4n) is 2.02. The van der Waals surface area contributed by atoms with E-state index in [4.69, 9.17) is 11.6 Å². The van der Waals surface area contributed by atoms with Crippen LogP contribution in [0, 0.1) is 0 Å². The summed E-state index contributed by atoms with van der Waals surface area (Å²) >= 11 is 5.94. The molecule has 1 aromatic heterocycles. The minimum Gasteiger partial charge on any atom is -0.361 e. The molecule has 1 aromatic carbocycles. The molecule has 0 saturated carbocycles. The van der Waals surface area contributed by atoms with E-state index in [9.17, 15) is 4.79 Å². The zero-order chi connectivity index (χ0) is 13.7. The Hall–Kier alpha value is -1.52. The van der Waals surface area contributed by atoms with E-state index in [1.54, 1.807) is 0 Å². The lowest BCUT2D eigenvalue weighted by molar-refractivity contribution is -0.120. The molecule has 102 valence electrons. The van der Waals surface area contributed by atoms with Crippen molar-refractivity contribution < 1.29 is 4.79 Å². The van der Waals surface area contributed by atoms with E-state index in [1.165, 1.54) is 5.56 Å². The van der Waals surface area contributed by atoms with Gasteiger partial charge in [0.25, 0.3) is 0 Å². The Morgan fingerprint density at radius 2 is 2.26 bits per heavy atom. The monoisotopic (exact) mass is 279 g/mol. The minimum atomic E-state index is 0.0840. The molecule has 0 fully saturated rings. The highest BCUT2D eigenvalue weighted by Crippen LogP contribution is 2.21. The minimum absolute atomic E-state index is 0.0840. The van der Waals surface area contributed by atoms with Crippen LogP contribution in [0.5, 0.6) is 0 Å². The number of amides is 1. The maximum Gasteiger partial charge on any atom is 0.221 e. The highest BCUT2D eigenvalue weighted by atomic mass is 35.5. The zero-order valence-corrected chi connectivity index (χ0v) is 11.7. The summed E-state index contributed by atoms with van der Waals surface area (Å²) < 4.78 is 0. The van der Waals surface area contributed by atoms with Gasteiger partial charge in [0.2, 0.25) is 5.91 Å². The second-order valence-electron chi connectivity index (χ2n) is 4.38. The summed E-state index contributed by atoms with van der Waals surface area (Å²) in [5.41, 5.74) is 2.22. The van der Waals surface area contributed by atoms with Crippen LogP contribution in [0.2, 0.25) is 5.02 Å². The van der Waals surface area contributed by atoms with Gasteiger partial charge in [0.15, 0.2) is 0 Å². The molecule has 0 saturated heterocycles. The molecule has 0 bridgehead atoms. The summed E-state index contributed by atoms with van der Waals surface area (Å²) in [4.78, 5) is 14.5. The number of H-pyrrole nitrogens is 1. The van der Waals surface area contributed by atoms with E-state index in [1.807, 2.05) is 31.3 Å². The third kappa shape index (κ3) is 3.72. The average molecular weight is 280 g/mol. The van der Waals surface area contributed by atoms with Crippen molar-refractivity contribution in [1.29, 1.82) is 0 Å². The van der Waals surface area contributed by atoms with Gasteiger partial charge in [0.1, 0.15) is 0 Å². The van der Waals surface area contributed by atoms with Gasteiger partial charge in [-0.05, 0) is 24.6 Å². The van der Waals surface area contributed by atoms with Crippen molar-refractivity contribution in [2.45, 2.75) is 19.9 Å². The molecule has 2 rings (SSSR count). The van der Waals surface area contributed by atoms with E-state index >= 15 is 0 Å². The molecule has 19 heavy (non-hydrogen) atoms. The standard InChI is InChI=1S/C14H18ClN3O/c1-2-17-14(19)5-6-16-8-10-9-18-13-7-11(15)3-4-12(10)13/h3-4,7,9,16,18H,2,5-6,8H2,1H3,(H,17,19). The Labute approximate surface area is 117 Å². The number of rotatable bonds is 6. The normalized spacial score (nSPS) is 10.8. The predicted molar refractivity (Wildman–Crippen MR) is 78.3 cm³/mol. The smallest absolute Gasteiger partial charge is 0.221 e. The van der Waals surface area contributed by atoms with Gasteiger partial charge in [-0.15, -0.1) is 0 Å². The lowest BCUT2D eigenvalue weighted by atomic mass is 10.2. The molecular formula is C14H18ClN3O. The maximum atomic E-state index is 11.3. The molecular weight excluding hydrogens is 262 g/mol. The topological polar surface area (TPSA) is 56.9 Å². The fourth-order valence-corrected chi connectivity index (χ4v) is 2.19. The number of hydrogen-bond acceptors (Lipinski definition) is 2. The van der Waals surface area contributed by atoms with Crippen molar-refractivity contribution >= 4 is 28.4 Å². The van der Waals surface area contributed by atoms with Gasteiger partial charge in [-0.3, -0.25) is 4.79 Å². The zero-order valence-electron chi connectivity index (χ0n) is 10.9. The molecule has 0 atom stereocenters. The van der Waals surface area contributed by atoms with Crippen molar-refractivity contribution in [2.75, 3.05) is 13.1 Å².